The highest BCUT2D eigenvalue weighted by Crippen LogP contribution is 2.46. The zero-order valence-electron chi connectivity index (χ0n) is 14.1. The molecule has 0 heteroatoms. The normalized spacial score (nSPS) is 32.1. The fraction of sp³-hybridized carbons (Fsp3) is 0.619. The average molecular weight is 284 g/mol. The Bertz CT molecular complexity index is 409. The van der Waals surface area contributed by atoms with Crippen molar-refractivity contribution in [2.45, 2.75) is 65.2 Å². The predicted molar refractivity (Wildman–Crippen MR) is 93.5 cm³/mol. The number of rotatable bonds is 1. The van der Waals surface area contributed by atoms with Gasteiger partial charge in [0.2, 0.25) is 0 Å². The summed E-state index contributed by atoms with van der Waals surface area (Å²) in [6.45, 7) is 6.38. The topological polar surface area (TPSA) is 0 Å². The Balaban J connectivity index is 0.000000166. The Morgan fingerprint density at radius 3 is 2.00 bits per heavy atom. The maximum atomic E-state index is 2.38. The van der Waals surface area contributed by atoms with Crippen LogP contribution in [0.2, 0.25) is 0 Å². The molecule has 2 saturated carbocycles. The van der Waals surface area contributed by atoms with Crippen LogP contribution in [0.3, 0.4) is 0 Å². The van der Waals surface area contributed by atoms with E-state index in [0.29, 0.717) is 0 Å². The van der Waals surface area contributed by atoms with Crippen LogP contribution in [-0.4, -0.2) is 0 Å². The summed E-state index contributed by atoms with van der Waals surface area (Å²) in [7, 11) is 0. The largest absolute Gasteiger partial charge is 0.0880 e. The first kappa shape index (κ1) is 16.3. The van der Waals surface area contributed by atoms with Crippen molar-refractivity contribution >= 4 is 0 Å². The maximum Gasteiger partial charge on any atom is -0.0162 e. The molecule has 0 aliphatic heterocycles. The van der Waals surface area contributed by atoms with Crippen LogP contribution in [0, 0.1) is 17.8 Å². The van der Waals surface area contributed by atoms with Crippen molar-refractivity contribution in [1.29, 1.82) is 0 Å². The predicted octanol–water partition coefficient (Wildman–Crippen LogP) is 6.59. The second kappa shape index (κ2) is 8.41. The van der Waals surface area contributed by atoms with E-state index in [0.717, 1.165) is 23.7 Å². The summed E-state index contributed by atoms with van der Waals surface area (Å²) >= 11 is 0. The van der Waals surface area contributed by atoms with E-state index < -0.39 is 0 Å². The number of allylic oxidation sites excluding steroid dienone is 2. The van der Waals surface area contributed by atoms with Crippen LogP contribution in [0.1, 0.15) is 70.8 Å². The van der Waals surface area contributed by atoms with E-state index in [9.17, 15) is 0 Å². The molecule has 2 unspecified atom stereocenters. The van der Waals surface area contributed by atoms with E-state index in [-0.39, 0.29) is 0 Å². The molecule has 0 amide bonds. The fourth-order valence-corrected chi connectivity index (χ4v) is 3.52. The van der Waals surface area contributed by atoms with E-state index in [1.807, 2.05) is 13.8 Å². The van der Waals surface area contributed by atoms with Crippen LogP contribution in [0.25, 0.3) is 0 Å². The lowest BCUT2D eigenvalue weighted by Crippen LogP contribution is -2.10. The van der Waals surface area contributed by atoms with E-state index in [1.54, 1.807) is 5.56 Å². The van der Waals surface area contributed by atoms with Gasteiger partial charge in [0.1, 0.15) is 0 Å². The molecule has 116 valence electrons. The molecule has 0 radical (unpaired) electrons. The van der Waals surface area contributed by atoms with Gasteiger partial charge in [0.25, 0.3) is 0 Å². The minimum absolute atomic E-state index is 0.845. The molecular weight excluding hydrogens is 252 g/mol. The van der Waals surface area contributed by atoms with Gasteiger partial charge in [-0.15, -0.1) is 0 Å². The molecule has 3 aliphatic carbocycles. The molecule has 2 fully saturated rings. The molecule has 0 saturated heterocycles. The lowest BCUT2D eigenvalue weighted by molar-refractivity contribution is 0.348. The zero-order chi connectivity index (χ0) is 15.1. The van der Waals surface area contributed by atoms with Gasteiger partial charge < -0.3 is 0 Å². The van der Waals surface area contributed by atoms with Crippen molar-refractivity contribution < 1.29 is 0 Å². The van der Waals surface area contributed by atoms with Gasteiger partial charge in [-0.1, -0.05) is 76.1 Å². The van der Waals surface area contributed by atoms with Crippen LogP contribution in [0.15, 0.2) is 42.5 Å². The molecule has 1 aromatic carbocycles. The SMILES string of the molecule is C1=CC2CC2C1.CC.CC1CCC(c2ccccc2)CC1. The van der Waals surface area contributed by atoms with Crippen molar-refractivity contribution in [1.82, 2.24) is 0 Å². The van der Waals surface area contributed by atoms with Crippen molar-refractivity contribution in [3.63, 3.8) is 0 Å². The first-order valence-electron chi connectivity index (χ1n) is 9.04. The molecule has 3 aliphatic rings. The molecule has 4 rings (SSSR count). The van der Waals surface area contributed by atoms with Gasteiger partial charge in [-0.3, -0.25) is 0 Å². The van der Waals surface area contributed by atoms with Crippen molar-refractivity contribution in [2.75, 3.05) is 0 Å². The summed E-state index contributed by atoms with van der Waals surface area (Å²) < 4.78 is 0. The third-order valence-electron chi connectivity index (χ3n) is 5.09. The van der Waals surface area contributed by atoms with Gasteiger partial charge in [-0.25, -0.2) is 0 Å². The first-order valence-corrected chi connectivity index (χ1v) is 9.04. The number of hydrogen-bond acceptors (Lipinski definition) is 0. The highest BCUT2D eigenvalue weighted by atomic mass is 14.4. The van der Waals surface area contributed by atoms with Crippen LogP contribution in [-0.2, 0) is 0 Å². The Morgan fingerprint density at radius 1 is 0.905 bits per heavy atom. The summed E-state index contributed by atoms with van der Waals surface area (Å²) in [4.78, 5) is 0. The zero-order valence-corrected chi connectivity index (χ0v) is 14.1. The maximum absolute atomic E-state index is 2.38. The van der Waals surface area contributed by atoms with Crippen molar-refractivity contribution in [2.24, 2.45) is 17.8 Å². The third kappa shape index (κ3) is 5.02. The van der Waals surface area contributed by atoms with Gasteiger partial charge in [-0.05, 0) is 54.9 Å². The summed E-state index contributed by atoms with van der Waals surface area (Å²) in [5.74, 6) is 3.94. The second-order valence-electron chi connectivity index (χ2n) is 6.69. The Morgan fingerprint density at radius 2 is 1.57 bits per heavy atom. The summed E-state index contributed by atoms with van der Waals surface area (Å²) in [5.41, 5.74) is 1.55. The molecule has 0 spiro atoms. The monoisotopic (exact) mass is 284 g/mol. The van der Waals surface area contributed by atoms with E-state index in [2.05, 4.69) is 49.4 Å². The first-order chi connectivity index (χ1) is 10.3. The van der Waals surface area contributed by atoms with Gasteiger partial charge in [0.15, 0.2) is 0 Å². The lowest BCUT2D eigenvalue weighted by Gasteiger charge is -2.26. The average Bonchev–Trinajstić information content (AvgIpc) is 3.17. The van der Waals surface area contributed by atoms with E-state index >= 15 is 0 Å². The Hall–Kier alpha value is -1.04. The van der Waals surface area contributed by atoms with Crippen LogP contribution in [0.5, 0.6) is 0 Å². The second-order valence-corrected chi connectivity index (χ2v) is 6.69. The van der Waals surface area contributed by atoms with Crippen LogP contribution >= 0.6 is 0 Å². The standard InChI is InChI=1S/C13H18.C6H8.C2H6/c1-11-7-9-13(10-8-11)12-5-3-2-4-6-12;1-2-5-4-6(5)3-1;1-2/h2-6,11,13H,7-10H2,1H3;1-2,5-6H,3-4H2;1-2H3. The summed E-state index contributed by atoms with van der Waals surface area (Å²) in [6.07, 6.45) is 13.2. The third-order valence-corrected chi connectivity index (χ3v) is 5.09. The lowest BCUT2D eigenvalue weighted by atomic mass is 9.79. The smallest absolute Gasteiger partial charge is 0.0162 e. The quantitative estimate of drug-likeness (QED) is 0.510. The van der Waals surface area contributed by atoms with Crippen molar-refractivity contribution in [3.8, 4) is 0 Å². The van der Waals surface area contributed by atoms with Crippen LogP contribution in [0.4, 0.5) is 0 Å². The van der Waals surface area contributed by atoms with E-state index in [1.165, 1.54) is 38.5 Å². The fourth-order valence-electron chi connectivity index (χ4n) is 3.52. The van der Waals surface area contributed by atoms with Gasteiger partial charge in [-0.2, -0.15) is 0 Å². The Kier molecular flexibility index (Phi) is 6.54. The van der Waals surface area contributed by atoms with Crippen LogP contribution < -0.4 is 0 Å². The number of fused-ring (bicyclic) bond motifs is 1. The van der Waals surface area contributed by atoms with Gasteiger partial charge in [0.05, 0.1) is 0 Å². The molecule has 0 nitrogen and oxygen atoms in total. The molecule has 0 heterocycles. The molecule has 1 aromatic rings. The van der Waals surface area contributed by atoms with Gasteiger partial charge in [0, 0.05) is 0 Å². The molecule has 2 atom stereocenters. The number of hydrogen-bond donors (Lipinski definition) is 0. The molecular formula is C21H32. The molecule has 0 aromatic heterocycles. The van der Waals surface area contributed by atoms with E-state index in [4.69, 9.17) is 0 Å². The van der Waals surface area contributed by atoms with Gasteiger partial charge >= 0.3 is 0 Å². The highest BCUT2D eigenvalue weighted by Gasteiger charge is 2.36. The summed E-state index contributed by atoms with van der Waals surface area (Å²) in [6, 6.07) is 11.0. The molecule has 21 heavy (non-hydrogen) atoms. The minimum Gasteiger partial charge on any atom is -0.0880 e. The minimum atomic E-state index is 0.845. The molecule has 0 bridgehead atoms. The Labute approximate surface area is 131 Å². The van der Waals surface area contributed by atoms with Crippen molar-refractivity contribution in [3.05, 3.63) is 48.0 Å². The molecule has 0 N–H and O–H groups in total. The summed E-state index contributed by atoms with van der Waals surface area (Å²) in [5, 5.41) is 0. The highest BCUT2D eigenvalue weighted by molar-refractivity contribution is 5.19. The number of benzene rings is 1.